The second-order valence-electron chi connectivity index (χ2n) is 14.7. The first kappa shape index (κ1) is 50.3. The zero-order valence-corrected chi connectivity index (χ0v) is 35.1. The highest BCUT2D eigenvalue weighted by Gasteiger charge is 2.21. The van der Waals surface area contributed by atoms with Crippen LogP contribution in [0, 0.1) is 0 Å². The van der Waals surface area contributed by atoms with Crippen molar-refractivity contribution in [3.8, 4) is 0 Å². The van der Waals surface area contributed by atoms with Crippen LogP contribution in [0.15, 0.2) is 18.2 Å². The lowest BCUT2D eigenvalue weighted by Gasteiger charge is -2.19. The Morgan fingerprint density at radius 3 is 1.93 bits per heavy atom. The molecule has 56 heavy (non-hydrogen) atoms. The summed E-state index contributed by atoms with van der Waals surface area (Å²) in [6.45, 7) is 6.81. The number of amides is 3. The SMILES string of the molecule is CCCCCCCCCCCCCCCCCCNC(=O)[C@H](CCCCNB(C)O)NC(=O)CCOCC[N+](=C(N)N)c1cc(C(=O)OC)ccc1NC(C)=O. The summed E-state index contributed by atoms with van der Waals surface area (Å²) < 4.78 is 12.0. The Hall–Kier alpha value is -3.69. The maximum absolute atomic E-state index is 13.1. The van der Waals surface area contributed by atoms with Gasteiger partial charge in [0.05, 0.1) is 38.1 Å². The summed E-state index contributed by atoms with van der Waals surface area (Å²) in [5.41, 5.74) is 12.9. The molecule has 318 valence electrons. The third-order valence-corrected chi connectivity index (χ3v) is 9.61. The quantitative estimate of drug-likeness (QED) is 0.0117. The molecule has 0 saturated heterocycles. The van der Waals surface area contributed by atoms with E-state index in [9.17, 15) is 24.2 Å². The molecule has 0 spiro atoms. The fourth-order valence-electron chi connectivity index (χ4n) is 6.43. The first-order valence-corrected chi connectivity index (χ1v) is 21.2. The van der Waals surface area contributed by atoms with Crippen molar-refractivity contribution < 1.29 is 38.3 Å². The Bertz CT molecular complexity index is 1290. The second-order valence-corrected chi connectivity index (χ2v) is 14.7. The highest BCUT2D eigenvalue weighted by molar-refractivity contribution is 6.45. The number of nitrogens with two attached hydrogens (primary N) is 2. The fraction of sp³-hybridized carbons (Fsp3) is 0.732. The van der Waals surface area contributed by atoms with Crippen LogP contribution >= 0.6 is 0 Å². The molecule has 3 amide bonds. The van der Waals surface area contributed by atoms with Gasteiger partial charge in [0.1, 0.15) is 11.7 Å². The van der Waals surface area contributed by atoms with Gasteiger partial charge in [-0.3, -0.25) is 25.9 Å². The van der Waals surface area contributed by atoms with Crippen molar-refractivity contribution in [2.75, 3.05) is 45.3 Å². The van der Waals surface area contributed by atoms with Crippen LogP contribution in [0.3, 0.4) is 0 Å². The Kier molecular flexibility index (Phi) is 29.1. The lowest BCUT2D eigenvalue weighted by atomic mass is 9.89. The minimum atomic E-state index is -0.675. The molecule has 0 fully saturated rings. The van der Waals surface area contributed by atoms with Crippen molar-refractivity contribution in [2.45, 2.75) is 155 Å². The molecular weight excluding hydrogens is 713 g/mol. The minimum Gasteiger partial charge on any atom is -0.465 e. The van der Waals surface area contributed by atoms with Gasteiger partial charge in [-0.05, 0) is 57.3 Å². The molecule has 15 heteroatoms. The number of methoxy groups -OCH3 is 1. The summed E-state index contributed by atoms with van der Waals surface area (Å²) in [7, 11) is 0.660. The first-order chi connectivity index (χ1) is 27.0. The van der Waals surface area contributed by atoms with Crippen molar-refractivity contribution in [1.82, 2.24) is 15.9 Å². The maximum atomic E-state index is 13.1. The average molecular weight is 789 g/mol. The van der Waals surface area contributed by atoms with E-state index in [0.717, 1.165) is 25.7 Å². The summed E-state index contributed by atoms with van der Waals surface area (Å²) in [6.07, 6.45) is 22.6. The predicted molar refractivity (Wildman–Crippen MR) is 226 cm³/mol. The third-order valence-electron chi connectivity index (χ3n) is 9.61. The van der Waals surface area contributed by atoms with Crippen LogP contribution in [-0.2, 0) is 23.9 Å². The molecule has 0 aliphatic rings. The molecule has 1 aromatic rings. The van der Waals surface area contributed by atoms with Crippen LogP contribution < -0.4 is 32.6 Å². The van der Waals surface area contributed by atoms with Crippen molar-refractivity contribution in [2.24, 2.45) is 11.5 Å². The van der Waals surface area contributed by atoms with Crippen molar-refractivity contribution in [3.63, 3.8) is 0 Å². The molecule has 0 saturated carbocycles. The zero-order valence-electron chi connectivity index (χ0n) is 35.1. The monoisotopic (exact) mass is 789 g/mol. The Morgan fingerprint density at radius 2 is 1.39 bits per heavy atom. The summed E-state index contributed by atoms with van der Waals surface area (Å²) >= 11 is 0. The third kappa shape index (κ3) is 24.7. The smallest absolute Gasteiger partial charge is 0.373 e. The van der Waals surface area contributed by atoms with E-state index in [0.29, 0.717) is 37.3 Å². The molecule has 0 radical (unpaired) electrons. The van der Waals surface area contributed by atoms with Gasteiger partial charge in [-0.2, -0.15) is 0 Å². The van der Waals surface area contributed by atoms with Gasteiger partial charge in [0, 0.05) is 19.9 Å². The predicted octanol–water partition coefficient (Wildman–Crippen LogP) is 5.49. The molecule has 1 rings (SSSR count). The second kappa shape index (κ2) is 32.4. The Labute approximate surface area is 337 Å². The molecule has 0 heterocycles. The summed E-state index contributed by atoms with van der Waals surface area (Å²) in [5.74, 6) is -1.48. The normalized spacial score (nSPS) is 11.4. The number of hydrogen-bond acceptors (Lipinski definition) is 8. The number of benzene rings is 1. The molecule has 14 nitrogen and oxygen atoms in total. The molecule has 0 unspecified atom stereocenters. The van der Waals surface area contributed by atoms with Crippen molar-refractivity contribution in [1.29, 1.82) is 0 Å². The first-order valence-electron chi connectivity index (χ1n) is 21.2. The lowest BCUT2D eigenvalue weighted by molar-refractivity contribution is -0.446. The summed E-state index contributed by atoms with van der Waals surface area (Å²) in [6, 6.07) is 3.91. The van der Waals surface area contributed by atoms with Gasteiger partial charge in [-0.1, -0.05) is 103 Å². The molecule has 1 atom stereocenters. The average Bonchev–Trinajstić information content (AvgIpc) is 3.16. The Morgan fingerprint density at radius 1 is 0.821 bits per heavy atom. The molecule has 0 aliphatic heterocycles. The zero-order chi connectivity index (χ0) is 41.4. The Balaban J connectivity index is 2.48. The number of nitrogens with zero attached hydrogens (tertiary/aromatic N) is 1. The molecule has 9 N–H and O–H groups in total. The van der Waals surface area contributed by atoms with Crippen LogP contribution in [0.1, 0.15) is 153 Å². The van der Waals surface area contributed by atoms with Crippen LogP contribution in [0.2, 0.25) is 6.82 Å². The fourth-order valence-corrected chi connectivity index (χ4v) is 6.43. The van der Waals surface area contributed by atoms with E-state index in [2.05, 4.69) is 28.1 Å². The topological polar surface area (TPSA) is 210 Å². The van der Waals surface area contributed by atoms with E-state index in [4.69, 9.17) is 20.9 Å². The van der Waals surface area contributed by atoms with Gasteiger partial charge >= 0.3 is 19.0 Å². The standard InChI is InChI=1S/C41H74BN7O7/c1-5-6-7-8-9-10-11-12-13-14-15-16-17-18-19-21-27-45-39(52)36(23-20-22-28-46-42(3)54)48-38(51)26-30-56-31-29-49(41(43)44)37-32-34(40(53)55-4)24-25-35(37)47-33(2)50/h24-25,32,36,46,54H,5-23,26-31H2,1-4H3,(H6,43,44,45,47,48,50,51,52,53)/p+1/t36-/m0/s1. The lowest BCUT2D eigenvalue weighted by Crippen LogP contribution is -2.47. The van der Waals surface area contributed by atoms with Crippen LogP contribution in [0.25, 0.3) is 0 Å². The van der Waals surface area contributed by atoms with Gasteiger partial charge in [0.15, 0.2) is 0 Å². The molecule has 0 bridgehead atoms. The largest absolute Gasteiger partial charge is 0.465 e. The number of unbranched alkanes of at least 4 members (excludes halogenated alkanes) is 16. The van der Waals surface area contributed by atoms with E-state index in [-0.39, 0.29) is 55.4 Å². The number of nitrogens with one attached hydrogen (secondary N) is 4. The van der Waals surface area contributed by atoms with Crippen molar-refractivity contribution >= 4 is 48.1 Å². The van der Waals surface area contributed by atoms with Crippen molar-refractivity contribution in [3.05, 3.63) is 23.8 Å². The highest BCUT2D eigenvalue weighted by Crippen LogP contribution is 2.27. The molecule has 0 aromatic heterocycles. The molecule has 1 aromatic carbocycles. The number of carbonyl (C=O) groups is 4. The van der Waals surface area contributed by atoms with E-state index in [1.807, 2.05) is 0 Å². The van der Waals surface area contributed by atoms with Gasteiger partial charge in [-0.25, -0.2) is 9.37 Å². The van der Waals surface area contributed by atoms with E-state index >= 15 is 0 Å². The number of rotatable bonds is 34. The van der Waals surface area contributed by atoms with Crippen LogP contribution in [0.5, 0.6) is 0 Å². The number of hydrogen-bond donors (Lipinski definition) is 7. The number of ether oxygens (including phenoxy) is 2. The van der Waals surface area contributed by atoms with E-state index in [1.165, 1.54) is 114 Å². The van der Waals surface area contributed by atoms with E-state index in [1.54, 1.807) is 12.9 Å². The molecule has 0 aliphatic carbocycles. The minimum absolute atomic E-state index is 0.0310. The number of anilines is 1. The maximum Gasteiger partial charge on any atom is 0.373 e. The van der Waals surface area contributed by atoms with Gasteiger partial charge in [-0.15, -0.1) is 0 Å². The van der Waals surface area contributed by atoms with Gasteiger partial charge in [0.25, 0.3) is 0 Å². The number of esters is 1. The highest BCUT2D eigenvalue weighted by atomic mass is 16.5. The van der Waals surface area contributed by atoms with Crippen LogP contribution in [0.4, 0.5) is 11.4 Å². The summed E-state index contributed by atoms with van der Waals surface area (Å²) in [4.78, 5) is 50.0. The van der Waals surface area contributed by atoms with Gasteiger partial charge in [0.2, 0.25) is 17.7 Å². The van der Waals surface area contributed by atoms with Gasteiger partial charge < -0.3 is 35.7 Å². The van der Waals surface area contributed by atoms with Crippen LogP contribution in [-0.4, -0.2) is 92.3 Å². The van der Waals surface area contributed by atoms with E-state index < -0.39 is 19.1 Å². The number of carbonyl (C=O) groups excluding carboxylic acids is 4. The number of guanidine groups is 1. The molecular formula is C41H75BN7O7+. The summed E-state index contributed by atoms with van der Waals surface area (Å²) in [5, 5.41) is 21.0.